The van der Waals surface area contributed by atoms with Crippen molar-refractivity contribution in [3.05, 3.63) is 48.2 Å². The van der Waals surface area contributed by atoms with Gasteiger partial charge in [0, 0.05) is 23.4 Å². The quantitative estimate of drug-likeness (QED) is 0.503. The summed E-state index contributed by atoms with van der Waals surface area (Å²) in [5.41, 5.74) is 10.4. The van der Waals surface area contributed by atoms with Crippen molar-refractivity contribution in [1.82, 2.24) is 14.5 Å². The topological polar surface area (TPSA) is 103 Å². The molecule has 2 aromatic heterocycles. The monoisotopic (exact) mass is 428 g/mol. The van der Waals surface area contributed by atoms with Crippen molar-refractivity contribution in [2.75, 3.05) is 6.61 Å². The number of fused-ring (bicyclic) bond motifs is 1. The lowest BCUT2D eigenvalue weighted by Crippen LogP contribution is -2.26. The average Bonchev–Trinajstić information content (AvgIpc) is 3.57. The van der Waals surface area contributed by atoms with Crippen LogP contribution in [0.15, 0.2) is 42.6 Å². The van der Waals surface area contributed by atoms with Gasteiger partial charge in [0.15, 0.2) is 0 Å². The van der Waals surface area contributed by atoms with Gasteiger partial charge in [-0.2, -0.15) is 0 Å². The highest BCUT2D eigenvalue weighted by Gasteiger charge is 2.35. The van der Waals surface area contributed by atoms with Crippen molar-refractivity contribution in [2.24, 2.45) is 17.6 Å². The summed E-state index contributed by atoms with van der Waals surface area (Å²) in [6, 6.07) is 11.8. The second kappa shape index (κ2) is 7.22. The molecule has 4 aromatic rings. The minimum absolute atomic E-state index is 0.132. The number of nitrogens with zero attached hydrogens (tertiary/aromatic N) is 3. The Bertz CT molecular complexity index is 1370. The maximum Gasteiger partial charge on any atom is 0.221 e. The molecule has 1 aliphatic carbocycles. The summed E-state index contributed by atoms with van der Waals surface area (Å²) < 4.78 is 8.31. The molecule has 0 saturated heterocycles. The number of nitrogens with two attached hydrogens (primary N) is 1. The summed E-state index contributed by atoms with van der Waals surface area (Å²) in [6.07, 6.45) is 5.10. The number of aryl methyl sites for hydroxylation is 1. The van der Waals surface area contributed by atoms with Crippen molar-refractivity contribution in [3.8, 4) is 22.9 Å². The van der Waals surface area contributed by atoms with E-state index in [-0.39, 0.29) is 17.6 Å². The smallest absolute Gasteiger partial charge is 0.221 e. The van der Waals surface area contributed by atoms with Crippen molar-refractivity contribution < 1.29 is 14.6 Å². The number of ether oxygens (including phenoxy) is 1. The molecule has 1 saturated carbocycles. The van der Waals surface area contributed by atoms with Gasteiger partial charge in [-0.25, -0.2) is 4.98 Å². The first-order valence-electron chi connectivity index (χ1n) is 11.1. The summed E-state index contributed by atoms with van der Waals surface area (Å²) in [5.74, 6) is 1.86. The van der Waals surface area contributed by atoms with Crippen LogP contribution >= 0.6 is 0 Å². The van der Waals surface area contributed by atoms with E-state index in [0.29, 0.717) is 18.9 Å². The molecule has 162 valence electrons. The Balaban J connectivity index is 1.48. The molecule has 3 N–H and O–H groups in total. The molecule has 6 rings (SSSR count). The van der Waals surface area contributed by atoms with Crippen LogP contribution in [0.5, 0.6) is 11.5 Å². The molecular weight excluding hydrogens is 404 g/mol. The van der Waals surface area contributed by atoms with Gasteiger partial charge in [-0.1, -0.05) is 0 Å². The van der Waals surface area contributed by atoms with E-state index in [1.807, 2.05) is 18.2 Å². The minimum Gasteiger partial charge on any atom is -0.506 e. The number of carbonyl (C=O) groups excluding carboxylic acids is 1. The minimum atomic E-state index is -0.223. The third-order valence-corrected chi connectivity index (χ3v) is 6.59. The summed E-state index contributed by atoms with van der Waals surface area (Å²) in [7, 11) is 0. The maximum absolute atomic E-state index is 12.0. The molecule has 32 heavy (non-hydrogen) atoms. The number of carbonyl (C=O) groups is 1. The van der Waals surface area contributed by atoms with E-state index >= 15 is 0 Å². The Morgan fingerprint density at radius 1 is 1.22 bits per heavy atom. The van der Waals surface area contributed by atoms with Crippen LogP contribution in [0.3, 0.4) is 0 Å². The number of aromatic hydroxyl groups is 1. The molecule has 1 fully saturated rings. The van der Waals surface area contributed by atoms with Gasteiger partial charge in [-0.15, -0.1) is 0 Å². The molecule has 0 spiro atoms. The summed E-state index contributed by atoms with van der Waals surface area (Å²) in [4.78, 5) is 21.3. The van der Waals surface area contributed by atoms with Crippen molar-refractivity contribution in [3.63, 3.8) is 0 Å². The van der Waals surface area contributed by atoms with E-state index in [4.69, 9.17) is 15.5 Å². The lowest BCUT2D eigenvalue weighted by Gasteiger charge is -2.13. The van der Waals surface area contributed by atoms with E-state index in [1.54, 1.807) is 6.07 Å². The average molecular weight is 428 g/mol. The van der Waals surface area contributed by atoms with E-state index in [1.165, 1.54) is 6.20 Å². The maximum atomic E-state index is 12.0. The van der Waals surface area contributed by atoms with Gasteiger partial charge >= 0.3 is 0 Å². The van der Waals surface area contributed by atoms with Crippen LogP contribution in [0.25, 0.3) is 33.3 Å². The fraction of sp³-hybridized carbons (Fsp3) is 0.320. The Hall–Kier alpha value is -3.61. The van der Waals surface area contributed by atoms with Gasteiger partial charge in [0.05, 0.1) is 23.8 Å². The highest BCUT2D eigenvalue weighted by molar-refractivity contribution is 5.90. The summed E-state index contributed by atoms with van der Waals surface area (Å²) in [6.45, 7) is 1.44. The second-order valence-electron chi connectivity index (χ2n) is 8.90. The van der Waals surface area contributed by atoms with Crippen LogP contribution in [-0.2, 0) is 17.8 Å². The normalized spacial score (nSPS) is 16.6. The van der Waals surface area contributed by atoms with E-state index in [0.717, 1.165) is 70.4 Å². The van der Waals surface area contributed by atoms with Gasteiger partial charge in [0.25, 0.3) is 0 Å². The summed E-state index contributed by atoms with van der Waals surface area (Å²) >= 11 is 0. The third-order valence-electron chi connectivity index (χ3n) is 6.59. The van der Waals surface area contributed by atoms with Crippen LogP contribution in [0.4, 0.5) is 0 Å². The number of aromatic nitrogens is 3. The van der Waals surface area contributed by atoms with Gasteiger partial charge in [-0.05, 0) is 73.6 Å². The zero-order valence-electron chi connectivity index (χ0n) is 17.6. The Labute approximate surface area is 184 Å². The Morgan fingerprint density at radius 2 is 2.09 bits per heavy atom. The Morgan fingerprint density at radius 3 is 2.91 bits per heavy atom. The number of hydrogen-bond donors (Lipinski definition) is 2. The second-order valence-corrected chi connectivity index (χ2v) is 8.90. The molecule has 0 radical (unpaired) electrons. The molecule has 7 heteroatoms. The number of benzene rings is 2. The number of hydrogen-bond acceptors (Lipinski definition) is 5. The molecule has 1 aliphatic heterocycles. The van der Waals surface area contributed by atoms with Crippen LogP contribution in [0, 0.1) is 11.8 Å². The standard InChI is InChI=1S/C25H24N4O3/c26-24(31)19(15-2-3-15)8-14-9-21-23-22(10-14)32-7-1-6-29(23)25(28-21)16-4-5-20-17(11-16)12-18(30)13-27-20/h4-5,9-13,15,19,30H,1-3,6-8H2,(H2,26,31)/t19-/m0/s1. The first-order chi connectivity index (χ1) is 15.6. The fourth-order valence-electron chi connectivity index (χ4n) is 4.87. The van der Waals surface area contributed by atoms with Crippen molar-refractivity contribution in [1.29, 1.82) is 0 Å². The van der Waals surface area contributed by atoms with Crippen molar-refractivity contribution in [2.45, 2.75) is 32.2 Å². The van der Waals surface area contributed by atoms with Gasteiger partial charge in [0.1, 0.15) is 22.8 Å². The molecule has 0 unspecified atom stereocenters. The number of rotatable bonds is 5. The van der Waals surface area contributed by atoms with E-state index in [9.17, 15) is 9.90 Å². The summed E-state index contributed by atoms with van der Waals surface area (Å²) in [5, 5.41) is 10.7. The van der Waals surface area contributed by atoms with Gasteiger partial charge in [-0.3, -0.25) is 9.78 Å². The van der Waals surface area contributed by atoms with E-state index in [2.05, 4.69) is 21.7 Å². The predicted molar refractivity (Wildman–Crippen MR) is 121 cm³/mol. The van der Waals surface area contributed by atoms with E-state index < -0.39 is 0 Å². The van der Waals surface area contributed by atoms with Gasteiger partial charge in [0.2, 0.25) is 5.91 Å². The highest BCUT2D eigenvalue weighted by Crippen LogP contribution is 2.40. The van der Waals surface area contributed by atoms with Crippen LogP contribution < -0.4 is 10.5 Å². The first kappa shape index (κ1) is 19.1. The number of pyridine rings is 1. The third kappa shape index (κ3) is 3.25. The molecule has 1 amide bonds. The lowest BCUT2D eigenvalue weighted by atomic mass is 9.94. The number of primary amides is 1. The SMILES string of the molecule is NC(=O)[C@@H](Cc1cc2c3c(c1)nc(-c1ccc4ncc(O)cc4c1)n3CCCO2)C1CC1. The number of amides is 1. The van der Waals surface area contributed by atoms with Crippen LogP contribution in [0.2, 0.25) is 0 Å². The molecule has 1 atom stereocenters. The molecule has 0 bridgehead atoms. The predicted octanol–water partition coefficient (Wildman–Crippen LogP) is 3.79. The van der Waals surface area contributed by atoms with Crippen molar-refractivity contribution >= 4 is 27.8 Å². The fourth-order valence-corrected chi connectivity index (χ4v) is 4.87. The molecule has 7 nitrogen and oxygen atoms in total. The number of imidazole rings is 1. The van der Waals surface area contributed by atoms with Gasteiger partial charge < -0.3 is 20.1 Å². The van der Waals surface area contributed by atoms with Crippen LogP contribution in [0.1, 0.15) is 24.8 Å². The zero-order valence-corrected chi connectivity index (χ0v) is 17.6. The largest absolute Gasteiger partial charge is 0.506 e. The highest BCUT2D eigenvalue weighted by atomic mass is 16.5. The zero-order chi connectivity index (χ0) is 21.8. The molecule has 2 aliphatic rings. The molecule has 2 aromatic carbocycles. The molecular formula is C25H24N4O3. The molecule has 3 heterocycles. The Kier molecular flexibility index (Phi) is 4.31. The first-order valence-corrected chi connectivity index (χ1v) is 11.1. The lowest BCUT2D eigenvalue weighted by molar-refractivity contribution is -0.122. The van der Waals surface area contributed by atoms with Crippen LogP contribution in [-0.4, -0.2) is 32.2 Å².